The van der Waals surface area contributed by atoms with Gasteiger partial charge in [-0.15, -0.1) is 0 Å². The third-order valence-corrected chi connectivity index (χ3v) is 3.78. The van der Waals surface area contributed by atoms with E-state index in [1.165, 1.54) is 6.33 Å². The molecular formula is C15H20BrN7O. The van der Waals surface area contributed by atoms with Gasteiger partial charge in [0.1, 0.15) is 12.2 Å². The fraction of sp³-hybridized carbons (Fsp3) is 0.333. The van der Waals surface area contributed by atoms with Crippen molar-refractivity contribution in [2.45, 2.75) is 6.54 Å². The third kappa shape index (κ3) is 5.34. The molecule has 0 bridgehead atoms. The van der Waals surface area contributed by atoms with Crippen LogP contribution in [0.2, 0.25) is 0 Å². The van der Waals surface area contributed by atoms with E-state index in [4.69, 9.17) is 0 Å². The molecule has 0 spiro atoms. The quantitative estimate of drug-likeness (QED) is 0.380. The van der Waals surface area contributed by atoms with Crippen LogP contribution in [0, 0.1) is 0 Å². The number of aromatic nitrogens is 3. The minimum atomic E-state index is -0.105. The maximum absolute atomic E-state index is 12.0. The van der Waals surface area contributed by atoms with E-state index in [9.17, 15) is 4.79 Å². The fourth-order valence-electron chi connectivity index (χ4n) is 1.92. The summed E-state index contributed by atoms with van der Waals surface area (Å²) in [5.41, 5.74) is 0.628. The number of carbonyl (C=O) groups is 1. The Morgan fingerprint density at radius 2 is 1.92 bits per heavy atom. The highest BCUT2D eigenvalue weighted by Crippen LogP contribution is 2.10. The lowest BCUT2D eigenvalue weighted by atomic mass is 10.2. The Morgan fingerprint density at radius 1 is 1.21 bits per heavy atom. The second kappa shape index (κ2) is 9.02. The largest absolute Gasteiger partial charge is 0.355 e. The smallest absolute Gasteiger partial charge is 0.251 e. The Kier molecular flexibility index (Phi) is 6.74. The molecule has 2 rings (SSSR count). The van der Waals surface area contributed by atoms with Crippen molar-refractivity contribution in [3.8, 4) is 0 Å². The SMILES string of the molecule is CN=C(NCCNC(=O)c1ccc(Br)cc1)NCc1ncnn1C. The molecule has 0 saturated carbocycles. The summed E-state index contributed by atoms with van der Waals surface area (Å²) in [6.45, 7) is 1.56. The highest BCUT2D eigenvalue weighted by Gasteiger charge is 2.05. The molecule has 0 aliphatic carbocycles. The third-order valence-electron chi connectivity index (χ3n) is 3.25. The van der Waals surface area contributed by atoms with Crippen molar-refractivity contribution in [2.24, 2.45) is 12.0 Å². The predicted molar refractivity (Wildman–Crippen MR) is 95.7 cm³/mol. The van der Waals surface area contributed by atoms with E-state index in [2.05, 4.69) is 47.0 Å². The Hall–Kier alpha value is -2.42. The van der Waals surface area contributed by atoms with Crippen molar-refractivity contribution in [3.05, 3.63) is 46.5 Å². The molecule has 0 aliphatic heterocycles. The van der Waals surface area contributed by atoms with Gasteiger partial charge in [-0.2, -0.15) is 5.10 Å². The summed E-state index contributed by atoms with van der Waals surface area (Å²) in [4.78, 5) is 20.2. The van der Waals surface area contributed by atoms with E-state index in [0.717, 1.165) is 10.3 Å². The van der Waals surface area contributed by atoms with Gasteiger partial charge in [-0.1, -0.05) is 15.9 Å². The monoisotopic (exact) mass is 393 g/mol. The molecule has 1 aromatic carbocycles. The van der Waals surface area contributed by atoms with Gasteiger partial charge in [-0.25, -0.2) is 4.98 Å². The first-order valence-electron chi connectivity index (χ1n) is 7.41. The normalized spacial score (nSPS) is 11.2. The van der Waals surface area contributed by atoms with Gasteiger partial charge in [-0.3, -0.25) is 14.5 Å². The van der Waals surface area contributed by atoms with E-state index in [0.29, 0.717) is 31.2 Å². The summed E-state index contributed by atoms with van der Waals surface area (Å²) >= 11 is 3.34. The lowest BCUT2D eigenvalue weighted by Crippen LogP contribution is -2.41. The Balaban J connectivity index is 1.69. The molecule has 1 heterocycles. The number of nitrogens with one attached hydrogen (secondary N) is 3. The predicted octanol–water partition coefficient (Wildman–Crippen LogP) is 0.673. The van der Waals surface area contributed by atoms with Crippen LogP contribution in [0.3, 0.4) is 0 Å². The summed E-state index contributed by atoms with van der Waals surface area (Å²) in [5.74, 6) is 1.34. The van der Waals surface area contributed by atoms with Gasteiger partial charge < -0.3 is 16.0 Å². The average molecular weight is 394 g/mol. The molecule has 1 aromatic heterocycles. The van der Waals surface area contributed by atoms with Gasteiger partial charge in [0.2, 0.25) is 0 Å². The number of rotatable bonds is 6. The lowest BCUT2D eigenvalue weighted by Gasteiger charge is -2.12. The van der Waals surface area contributed by atoms with Crippen LogP contribution in [0.5, 0.6) is 0 Å². The molecule has 0 fully saturated rings. The number of aliphatic imine (C=N–C) groups is 1. The van der Waals surface area contributed by atoms with Crippen LogP contribution in [0.15, 0.2) is 40.1 Å². The molecule has 3 N–H and O–H groups in total. The molecule has 128 valence electrons. The minimum Gasteiger partial charge on any atom is -0.355 e. The van der Waals surface area contributed by atoms with Gasteiger partial charge >= 0.3 is 0 Å². The van der Waals surface area contributed by atoms with E-state index < -0.39 is 0 Å². The van der Waals surface area contributed by atoms with E-state index in [-0.39, 0.29) is 5.91 Å². The molecule has 0 atom stereocenters. The summed E-state index contributed by atoms with van der Waals surface area (Å²) in [5, 5.41) is 13.1. The van der Waals surface area contributed by atoms with Crippen LogP contribution >= 0.6 is 15.9 Å². The zero-order valence-corrected chi connectivity index (χ0v) is 15.2. The molecule has 24 heavy (non-hydrogen) atoms. The fourth-order valence-corrected chi connectivity index (χ4v) is 2.19. The lowest BCUT2D eigenvalue weighted by molar-refractivity contribution is 0.0954. The van der Waals surface area contributed by atoms with Gasteiger partial charge in [-0.05, 0) is 24.3 Å². The molecular weight excluding hydrogens is 374 g/mol. The zero-order chi connectivity index (χ0) is 17.4. The molecule has 8 nitrogen and oxygen atoms in total. The van der Waals surface area contributed by atoms with Crippen molar-refractivity contribution in [1.29, 1.82) is 0 Å². The van der Waals surface area contributed by atoms with Crippen molar-refractivity contribution in [3.63, 3.8) is 0 Å². The molecule has 0 radical (unpaired) electrons. The Bertz CT molecular complexity index is 696. The summed E-state index contributed by atoms with van der Waals surface area (Å²) < 4.78 is 2.64. The maximum atomic E-state index is 12.0. The van der Waals surface area contributed by atoms with Gasteiger partial charge in [0.25, 0.3) is 5.91 Å². The molecule has 0 aliphatic rings. The zero-order valence-electron chi connectivity index (χ0n) is 13.6. The summed E-state index contributed by atoms with van der Waals surface area (Å²) in [6.07, 6.45) is 1.50. The van der Waals surface area contributed by atoms with Crippen molar-refractivity contribution < 1.29 is 4.79 Å². The number of aryl methyl sites for hydroxylation is 1. The van der Waals surface area contributed by atoms with Crippen molar-refractivity contribution in [2.75, 3.05) is 20.1 Å². The first-order chi connectivity index (χ1) is 11.6. The standard InChI is InChI=1S/C15H20BrN7O/c1-17-15(20-9-13-21-10-22-23(13)2)19-8-7-18-14(24)11-3-5-12(16)6-4-11/h3-6,10H,7-9H2,1-2H3,(H,18,24)(H2,17,19,20). The van der Waals surface area contributed by atoms with Crippen LogP contribution in [0.25, 0.3) is 0 Å². The Morgan fingerprint density at radius 3 is 2.54 bits per heavy atom. The van der Waals surface area contributed by atoms with Gasteiger partial charge in [0, 0.05) is 37.2 Å². The maximum Gasteiger partial charge on any atom is 0.251 e. The average Bonchev–Trinajstić information content (AvgIpc) is 2.99. The topological polar surface area (TPSA) is 96.2 Å². The van der Waals surface area contributed by atoms with E-state index >= 15 is 0 Å². The van der Waals surface area contributed by atoms with Crippen LogP contribution in [0.4, 0.5) is 0 Å². The number of hydrogen-bond acceptors (Lipinski definition) is 4. The molecule has 0 saturated heterocycles. The van der Waals surface area contributed by atoms with Crippen LogP contribution in [-0.2, 0) is 13.6 Å². The van der Waals surface area contributed by atoms with Crippen molar-refractivity contribution >= 4 is 27.8 Å². The molecule has 0 unspecified atom stereocenters. The number of halogens is 1. The number of amides is 1. The minimum absolute atomic E-state index is 0.105. The highest BCUT2D eigenvalue weighted by molar-refractivity contribution is 9.10. The second-order valence-corrected chi connectivity index (χ2v) is 5.83. The molecule has 9 heteroatoms. The number of benzene rings is 1. The molecule has 1 amide bonds. The summed E-state index contributed by atoms with van der Waals surface area (Å²) in [7, 11) is 3.52. The summed E-state index contributed by atoms with van der Waals surface area (Å²) in [6, 6.07) is 7.22. The van der Waals surface area contributed by atoms with Crippen molar-refractivity contribution in [1.82, 2.24) is 30.7 Å². The highest BCUT2D eigenvalue weighted by atomic mass is 79.9. The number of guanidine groups is 1. The van der Waals surface area contributed by atoms with Crippen LogP contribution in [-0.4, -0.2) is 46.8 Å². The van der Waals surface area contributed by atoms with E-state index in [1.807, 2.05) is 19.2 Å². The van der Waals surface area contributed by atoms with Crippen LogP contribution in [0.1, 0.15) is 16.2 Å². The van der Waals surface area contributed by atoms with Gasteiger partial charge in [0.15, 0.2) is 5.96 Å². The first kappa shape index (κ1) is 17.9. The number of hydrogen-bond donors (Lipinski definition) is 3. The Labute approximate surface area is 148 Å². The number of carbonyl (C=O) groups excluding carboxylic acids is 1. The second-order valence-electron chi connectivity index (χ2n) is 4.92. The molecule has 2 aromatic rings. The first-order valence-corrected chi connectivity index (χ1v) is 8.20. The van der Waals surface area contributed by atoms with E-state index in [1.54, 1.807) is 23.9 Å². The number of nitrogens with zero attached hydrogens (tertiary/aromatic N) is 4. The van der Waals surface area contributed by atoms with Gasteiger partial charge in [0.05, 0.1) is 6.54 Å². The van der Waals surface area contributed by atoms with Crippen LogP contribution < -0.4 is 16.0 Å².